The predicted octanol–water partition coefficient (Wildman–Crippen LogP) is 5.33. The minimum atomic E-state index is -0.0230. The number of rotatable bonds is 5. The first-order valence-electron chi connectivity index (χ1n) is 8.57. The van der Waals surface area contributed by atoms with Crippen LogP contribution in [0.15, 0.2) is 44.1 Å². The van der Waals surface area contributed by atoms with Crippen LogP contribution in [0, 0.1) is 6.92 Å². The number of phenolic OH excluding ortho intramolecular Hbond substituents is 1. The van der Waals surface area contributed by atoms with Crippen molar-refractivity contribution < 1.29 is 5.11 Å². The van der Waals surface area contributed by atoms with E-state index in [2.05, 4.69) is 38.8 Å². The highest BCUT2D eigenvalue weighted by Gasteiger charge is 2.13. The summed E-state index contributed by atoms with van der Waals surface area (Å²) in [6.07, 6.45) is 2.78. The lowest BCUT2D eigenvalue weighted by Gasteiger charge is -2.15. The maximum atomic E-state index is 13.2. The molecule has 4 nitrogen and oxygen atoms in total. The number of aromatic hydroxyl groups is 1. The largest absolute Gasteiger partial charge is 0.506 e. The van der Waals surface area contributed by atoms with E-state index in [4.69, 9.17) is 4.98 Å². The Bertz CT molecular complexity index is 1010. The maximum Gasteiger partial charge on any atom is 0.261 e. The molecule has 0 atom stereocenters. The molecule has 1 heterocycles. The third-order valence-electron chi connectivity index (χ3n) is 4.36. The van der Waals surface area contributed by atoms with E-state index in [0.29, 0.717) is 20.9 Å². The molecule has 1 aromatic heterocycles. The van der Waals surface area contributed by atoms with Crippen LogP contribution in [0.3, 0.4) is 0 Å². The van der Waals surface area contributed by atoms with Gasteiger partial charge in [0.25, 0.3) is 5.56 Å². The molecule has 0 saturated heterocycles. The van der Waals surface area contributed by atoms with Crippen LogP contribution in [0.5, 0.6) is 5.75 Å². The summed E-state index contributed by atoms with van der Waals surface area (Å²) in [4.78, 5) is 17.9. The Balaban J connectivity index is 2.16. The molecule has 1 N–H and O–H groups in total. The van der Waals surface area contributed by atoms with E-state index < -0.39 is 0 Å². The Labute approximate surface area is 169 Å². The van der Waals surface area contributed by atoms with Crippen LogP contribution in [0.4, 0.5) is 0 Å². The summed E-state index contributed by atoms with van der Waals surface area (Å²) in [5.74, 6) is 0.952. The van der Waals surface area contributed by atoms with Crippen LogP contribution >= 0.6 is 31.9 Å². The molecule has 0 spiro atoms. The highest BCUT2D eigenvalue weighted by molar-refractivity contribution is 9.11. The molecule has 0 aliphatic rings. The summed E-state index contributed by atoms with van der Waals surface area (Å²) in [5.41, 5.74) is 2.68. The fraction of sp³-hybridized carbons (Fsp3) is 0.300. The van der Waals surface area contributed by atoms with Gasteiger partial charge >= 0.3 is 0 Å². The lowest BCUT2D eigenvalue weighted by molar-refractivity contribution is 0.468. The van der Waals surface area contributed by atoms with E-state index in [1.54, 1.807) is 4.57 Å². The highest BCUT2D eigenvalue weighted by Crippen LogP contribution is 2.33. The average Bonchev–Trinajstić information content (AvgIpc) is 2.61. The van der Waals surface area contributed by atoms with E-state index >= 15 is 0 Å². The number of halogens is 2. The summed E-state index contributed by atoms with van der Waals surface area (Å²) in [7, 11) is 0. The van der Waals surface area contributed by atoms with Crippen molar-refractivity contribution in [1.82, 2.24) is 9.55 Å². The number of aromatic nitrogens is 2. The van der Waals surface area contributed by atoms with E-state index in [9.17, 15) is 9.90 Å². The Hall–Kier alpha value is -1.66. The molecular weight excluding hydrogens is 460 g/mol. The summed E-state index contributed by atoms with van der Waals surface area (Å²) in [6, 6.07) is 9.46. The number of benzene rings is 2. The lowest BCUT2D eigenvalue weighted by atomic mass is 10.1. The van der Waals surface area contributed by atoms with E-state index in [1.165, 1.54) is 0 Å². The molecule has 26 heavy (non-hydrogen) atoms. The standard InChI is InChI=1S/C20H20Br2N2O2/c1-3-4-5-18-23-17-7-6-12(2)8-14(17)20(26)24(18)11-13-9-15(21)19(25)16(22)10-13/h6-10,25H,3-5,11H2,1-2H3. The van der Waals surface area contributed by atoms with Gasteiger partial charge in [-0.3, -0.25) is 9.36 Å². The monoisotopic (exact) mass is 478 g/mol. The molecule has 136 valence electrons. The van der Waals surface area contributed by atoms with Crippen LogP contribution in [-0.4, -0.2) is 14.7 Å². The molecule has 0 fully saturated rings. The summed E-state index contributed by atoms with van der Waals surface area (Å²) < 4.78 is 2.94. The van der Waals surface area contributed by atoms with E-state index in [0.717, 1.165) is 41.7 Å². The topological polar surface area (TPSA) is 55.1 Å². The quantitative estimate of drug-likeness (QED) is 0.538. The molecule has 3 rings (SSSR count). The zero-order valence-corrected chi connectivity index (χ0v) is 17.9. The Morgan fingerprint density at radius 3 is 2.50 bits per heavy atom. The fourth-order valence-corrected chi connectivity index (χ4v) is 4.24. The molecule has 3 aromatic rings. The Kier molecular flexibility index (Phi) is 5.82. The molecule has 0 unspecified atom stereocenters. The van der Waals surface area contributed by atoms with Gasteiger partial charge in [0, 0.05) is 6.42 Å². The van der Waals surface area contributed by atoms with Gasteiger partial charge in [-0.05, 0) is 75.0 Å². The second-order valence-electron chi connectivity index (χ2n) is 6.45. The minimum absolute atomic E-state index is 0.0230. The molecule has 2 aromatic carbocycles. The molecule has 0 amide bonds. The predicted molar refractivity (Wildman–Crippen MR) is 112 cm³/mol. The average molecular weight is 480 g/mol. The number of nitrogens with zero attached hydrogens (tertiary/aromatic N) is 2. The van der Waals surface area contributed by atoms with Gasteiger partial charge in [0.2, 0.25) is 0 Å². The van der Waals surface area contributed by atoms with Gasteiger partial charge in [-0.25, -0.2) is 4.98 Å². The van der Waals surface area contributed by atoms with Gasteiger partial charge in [0.15, 0.2) is 0 Å². The number of hydrogen-bond donors (Lipinski definition) is 1. The second-order valence-corrected chi connectivity index (χ2v) is 8.16. The van der Waals surface area contributed by atoms with Gasteiger partial charge < -0.3 is 5.11 Å². The molecule has 0 aliphatic heterocycles. The number of fused-ring (bicyclic) bond motifs is 1. The van der Waals surface area contributed by atoms with Gasteiger partial charge in [-0.15, -0.1) is 0 Å². The molecular formula is C20H20Br2N2O2. The van der Waals surface area contributed by atoms with Crippen molar-refractivity contribution >= 4 is 42.8 Å². The third kappa shape index (κ3) is 3.86. The van der Waals surface area contributed by atoms with Crippen molar-refractivity contribution in [3.05, 3.63) is 66.6 Å². The van der Waals surface area contributed by atoms with Crippen LogP contribution in [-0.2, 0) is 13.0 Å². The summed E-state index contributed by atoms with van der Waals surface area (Å²) >= 11 is 6.71. The van der Waals surface area contributed by atoms with Crippen LogP contribution in [0.2, 0.25) is 0 Å². The number of phenols is 1. The van der Waals surface area contributed by atoms with Crippen LogP contribution in [0.25, 0.3) is 10.9 Å². The maximum absolute atomic E-state index is 13.2. The van der Waals surface area contributed by atoms with Crippen molar-refractivity contribution in [2.45, 2.75) is 39.7 Å². The minimum Gasteiger partial charge on any atom is -0.506 e. The Morgan fingerprint density at radius 1 is 1.15 bits per heavy atom. The zero-order valence-electron chi connectivity index (χ0n) is 14.7. The van der Waals surface area contributed by atoms with E-state index in [-0.39, 0.29) is 11.3 Å². The first-order chi connectivity index (χ1) is 12.4. The molecule has 0 aliphatic carbocycles. The number of unbranched alkanes of at least 4 members (excludes halogenated alkanes) is 1. The second kappa shape index (κ2) is 7.92. The SMILES string of the molecule is CCCCc1nc2ccc(C)cc2c(=O)n1Cc1cc(Br)c(O)c(Br)c1. The number of hydrogen-bond acceptors (Lipinski definition) is 3. The van der Waals surface area contributed by atoms with Gasteiger partial charge in [0.1, 0.15) is 11.6 Å². The summed E-state index contributed by atoms with van der Waals surface area (Å²) in [6.45, 7) is 4.51. The van der Waals surface area contributed by atoms with Crippen molar-refractivity contribution in [1.29, 1.82) is 0 Å². The molecule has 0 radical (unpaired) electrons. The van der Waals surface area contributed by atoms with Crippen molar-refractivity contribution in [2.75, 3.05) is 0 Å². The summed E-state index contributed by atoms with van der Waals surface area (Å²) in [5, 5.41) is 10.6. The molecule has 6 heteroatoms. The third-order valence-corrected chi connectivity index (χ3v) is 5.57. The van der Waals surface area contributed by atoms with Gasteiger partial charge in [-0.1, -0.05) is 25.0 Å². The molecule has 0 bridgehead atoms. The van der Waals surface area contributed by atoms with E-state index in [1.807, 2.05) is 37.3 Å². The fourth-order valence-electron chi connectivity index (χ4n) is 2.96. The molecule has 0 saturated carbocycles. The van der Waals surface area contributed by atoms with Gasteiger partial charge in [-0.2, -0.15) is 0 Å². The Morgan fingerprint density at radius 2 is 1.85 bits per heavy atom. The van der Waals surface area contributed by atoms with Crippen molar-refractivity contribution in [3.8, 4) is 5.75 Å². The van der Waals surface area contributed by atoms with Crippen molar-refractivity contribution in [2.24, 2.45) is 0 Å². The first kappa shape index (κ1) is 19.1. The lowest BCUT2D eigenvalue weighted by Crippen LogP contribution is -2.26. The van der Waals surface area contributed by atoms with Gasteiger partial charge in [0.05, 0.1) is 26.4 Å². The van der Waals surface area contributed by atoms with Crippen LogP contribution < -0.4 is 5.56 Å². The highest BCUT2D eigenvalue weighted by atomic mass is 79.9. The zero-order chi connectivity index (χ0) is 18.8. The number of aryl methyl sites for hydroxylation is 2. The normalized spacial score (nSPS) is 11.2. The van der Waals surface area contributed by atoms with Crippen molar-refractivity contribution in [3.63, 3.8) is 0 Å². The van der Waals surface area contributed by atoms with Crippen LogP contribution in [0.1, 0.15) is 36.7 Å². The smallest absolute Gasteiger partial charge is 0.261 e. The first-order valence-corrected chi connectivity index (χ1v) is 10.2.